The Balaban J connectivity index is 0.000000720. The van der Waals surface area contributed by atoms with Crippen LogP contribution in [0.1, 0.15) is 0 Å². The highest BCUT2D eigenvalue weighted by Gasteiger charge is 1.92. The Bertz CT molecular complexity index is 389. The summed E-state index contributed by atoms with van der Waals surface area (Å²) in [6, 6.07) is 12.0. The standard InChI is InChI=1S/C9H6BrN.B/c10-9-6-5-7-3-1-2-4-8(7)11-9;/h1-6H;. The fraction of sp³-hybridized carbons (Fsp3) is 0. The van der Waals surface area contributed by atoms with Crippen molar-refractivity contribution in [1.82, 2.24) is 4.98 Å². The summed E-state index contributed by atoms with van der Waals surface area (Å²) >= 11 is 3.32. The molecule has 1 aromatic carbocycles. The molecule has 0 fully saturated rings. The van der Waals surface area contributed by atoms with Crippen LogP contribution in [0.5, 0.6) is 0 Å². The Labute approximate surface area is 81.5 Å². The van der Waals surface area contributed by atoms with E-state index in [9.17, 15) is 0 Å². The second-order valence-corrected chi connectivity index (χ2v) is 3.14. The third-order valence-corrected chi connectivity index (χ3v) is 2.01. The maximum absolute atomic E-state index is 4.29. The van der Waals surface area contributed by atoms with Gasteiger partial charge < -0.3 is 0 Å². The van der Waals surface area contributed by atoms with Gasteiger partial charge in [0.05, 0.1) is 5.52 Å². The first-order chi connectivity index (χ1) is 5.36. The molecule has 0 unspecified atom stereocenters. The van der Waals surface area contributed by atoms with Crippen LogP contribution in [0, 0.1) is 0 Å². The number of benzene rings is 1. The SMILES string of the molecule is Brc1ccc2ccccc2n1.[B]. The van der Waals surface area contributed by atoms with E-state index in [1.807, 2.05) is 30.3 Å². The van der Waals surface area contributed by atoms with Crippen molar-refractivity contribution in [2.75, 3.05) is 0 Å². The van der Waals surface area contributed by atoms with Gasteiger partial charge in [0.15, 0.2) is 0 Å². The van der Waals surface area contributed by atoms with Gasteiger partial charge in [0.1, 0.15) is 4.60 Å². The molecule has 3 heteroatoms. The fourth-order valence-electron chi connectivity index (χ4n) is 1.04. The van der Waals surface area contributed by atoms with Gasteiger partial charge in [0.2, 0.25) is 0 Å². The first kappa shape index (κ1) is 9.26. The van der Waals surface area contributed by atoms with Crippen molar-refractivity contribution < 1.29 is 0 Å². The Morgan fingerprint density at radius 1 is 1.00 bits per heavy atom. The quantitative estimate of drug-likeness (QED) is 0.490. The monoisotopic (exact) mass is 218 g/mol. The molecule has 0 aliphatic heterocycles. The number of halogens is 1. The topological polar surface area (TPSA) is 12.9 Å². The van der Waals surface area contributed by atoms with E-state index < -0.39 is 0 Å². The molecule has 1 aromatic heterocycles. The highest BCUT2D eigenvalue weighted by atomic mass is 79.9. The molecule has 0 aliphatic carbocycles. The lowest BCUT2D eigenvalue weighted by Crippen LogP contribution is -1.77. The number of para-hydroxylation sites is 1. The van der Waals surface area contributed by atoms with Crippen LogP contribution in [-0.4, -0.2) is 13.4 Å². The van der Waals surface area contributed by atoms with Crippen molar-refractivity contribution in [3.05, 3.63) is 41.0 Å². The van der Waals surface area contributed by atoms with Gasteiger partial charge >= 0.3 is 0 Å². The maximum Gasteiger partial charge on any atom is 0.106 e. The zero-order valence-electron chi connectivity index (χ0n) is 6.37. The third kappa shape index (κ3) is 1.67. The predicted octanol–water partition coefficient (Wildman–Crippen LogP) is 2.62. The molecule has 1 nitrogen and oxygen atoms in total. The van der Waals surface area contributed by atoms with Crippen LogP contribution in [0.2, 0.25) is 0 Å². The van der Waals surface area contributed by atoms with Crippen molar-refractivity contribution in [1.29, 1.82) is 0 Å². The summed E-state index contributed by atoms with van der Waals surface area (Å²) < 4.78 is 0.885. The van der Waals surface area contributed by atoms with Crippen molar-refractivity contribution in [2.24, 2.45) is 0 Å². The molecule has 2 aromatic rings. The molecule has 12 heavy (non-hydrogen) atoms. The van der Waals surface area contributed by atoms with Crippen LogP contribution >= 0.6 is 15.9 Å². The lowest BCUT2D eigenvalue weighted by Gasteiger charge is -1.94. The van der Waals surface area contributed by atoms with Gasteiger partial charge in [-0.3, -0.25) is 0 Å². The van der Waals surface area contributed by atoms with Gasteiger partial charge in [0, 0.05) is 13.8 Å². The summed E-state index contributed by atoms with van der Waals surface area (Å²) in [5, 5.41) is 1.18. The van der Waals surface area contributed by atoms with Crippen LogP contribution in [-0.2, 0) is 0 Å². The summed E-state index contributed by atoms with van der Waals surface area (Å²) in [6.07, 6.45) is 0. The minimum absolute atomic E-state index is 0. The van der Waals surface area contributed by atoms with E-state index in [0.717, 1.165) is 10.1 Å². The molecular weight excluding hydrogens is 213 g/mol. The van der Waals surface area contributed by atoms with E-state index in [1.54, 1.807) is 0 Å². The molecule has 0 N–H and O–H groups in total. The van der Waals surface area contributed by atoms with Crippen molar-refractivity contribution in [3.63, 3.8) is 0 Å². The summed E-state index contributed by atoms with van der Waals surface area (Å²) in [4.78, 5) is 4.29. The van der Waals surface area contributed by atoms with E-state index in [0.29, 0.717) is 0 Å². The molecule has 0 saturated carbocycles. The van der Waals surface area contributed by atoms with Crippen LogP contribution in [0.25, 0.3) is 10.9 Å². The van der Waals surface area contributed by atoms with Crippen molar-refractivity contribution in [2.45, 2.75) is 0 Å². The molecule has 0 atom stereocenters. The van der Waals surface area contributed by atoms with E-state index in [2.05, 4.69) is 27.0 Å². The zero-order valence-corrected chi connectivity index (χ0v) is 7.95. The van der Waals surface area contributed by atoms with Gasteiger partial charge in [-0.25, -0.2) is 4.98 Å². The summed E-state index contributed by atoms with van der Waals surface area (Å²) in [7, 11) is 0. The van der Waals surface area contributed by atoms with E-state index >= 15 is 0 Å². The summed E-state index contributed by atoms with van der Waals surface area (Å²) in [5.41, 5.74) is 1.03. The van der Waals surface area contributed by atoms with Gasteiger partial charge in [-0.2, -0.15) is 0 Å². The largest absolute Gasteiger partial charge is 0.241 e. The molecule has 2 rings (SSSR count). The lowest BCUT2D eigenvalue weighted by molar-refractivity contribution is 1.35. The third-order valence-electron chi connectivity index (χ3n) is 1.56. The van der Waals surface area contributed by atoms with Crippen LogP contribution in [0.15, 0.2) is 41.0 Å². The maximum atomic E-state index is 4.29. The van der Waals surface area contributed by atoms with E-state index in [4.69, 9.17) is 0 Å². The molecule has 1 heterocycles. The molecule has 3 radical (unpaired) electrons. The number of pyridine rings is 1. The Morgan fingerprint density at radius 3 is 2.58 bits per heavy atom. The first-order valence-electron chi connectivity index (χ1n) is 3.37. The molecule has 0 spiro atoms. The molecule has 0 amide bonds. The minimum Gasteiger partial charge on any atom is -0.241 e. The molecule has 0 aliphatic rings. The average molecular weight is 219 g/mol. The van der Waals surface area contributed by atoms with Crippen LogP contribution in [0.3, 0.4) is 0 Å². The lowest BCUT2D eigenvalue weighted by atomic mass is 10.2. The highest BCUT2D eigenvalue weighted by molar-refractivity contribution is 9.10. The minimum atomic E-state index is 0. The molecule has 0 saturated heterocycles. The zero-order chi connectivity index (χ0) is 7.68. The normalized spacial score (nSPS) is 9.42. The molecule has 0 bridgehead atoms. The average Bonchev–Trinajstić information content (AvgIpc) is 2.04. The summed E-state index contributed by atoms with van der Waals surface area (Å²) in [6.45, 7) is 0. The Hall–Kier alpha value is -0.825. The van der Waals surface area contributed by atoms with Gasteiger partial charge in [0.25, 0.3) is 0 Å². The predicted molar refractivity (Wildman–Crippen MR) is 55.2 cm³/mol. The van der Waals surface area contributed by atoms with Gasteiger partial charge in [-0.1, -0.05) is 24.3 Å². The molecular formula is C9H6BBrN. The fourth-order valence-corrected chi connectivity index (χ4v) is 1.36. The number of fused-ring (bicyclic) bond motifs is 1. The van der Waals surface area contributed by atoms with Gasteiger partial charge in [-0.15, -0.1) is 0 Å². The van der Waals surface area contributed by atoms with E-state index in [1.165, 1.54) is 5.39 Å². The Morgan fingerprint density at radius 2 is 1.75 bits per heavy atom. The second-order valence-electron chi connectivity index (χ2n) is 2.33. The van der Waals surface area contributed by atoms with Gasteiger partial charge in [-0.05, 0) is 28.1 Å². The number of hydrogen-bond donors (Lipinski definition) is 0. The van der Waals surface area contributed by atoms with Crippen LogP contribution in [0.4, 0.5) is 0 Å². The second kappa shape index (κ2) is 3.72. The van der Waals surface area contributed by atoms with E-state index in [-0.39, 0.29) is 8.41 Å². The summed E-state index contributed by atoms with van der Waals surface area (Å²) in [5.74, 6) is 0. The first-order valence-corrected chi connectivity index (χ1v) is 4.17. The Kier molecular flexibility index (Phi) is 2.87. The smallest absolute Gasteiger partial charge is 0.106 e. The van der Waals surface area contributed by atoms with Crippen molar-refractivity contribution in [3.8, 4) is 0 Å². The number of rotatable bonds is 0. The number of nitrogens with zero attached hydrogens (tertiary/aromatic N) is 1. The van der Waals surface area contributed by atoms with Crippen LogP contribution < -0.4 is 0 Å². The highest BCUT2D eigenvalue weighted by Crippen LogP contribution is 2.14. The number of aromatic nitrogens is 1. The number of hydrogen-bond acceptors (Lipinski definition) is 1. The molecule has 57 valence electrons. The van der Waals surface area contributed by atoms with Crippen molar-refractivity contribution >= 4 is 35.2 Å².